The molecule has 3 aromatic rings. The van der Waals surface area contributed by atoms with Gasteiger partial charge in [0.15, 0.2) is 0 Å². The maximum absolute atomic E-state index is 5.94. The summed E-state index contributed by atoms with van der Waals surface area (Å²) in [7, 11) is 3.34. The van der Waals surface area contributed by atoms with Crippen LogP contribution in [-0.4, -0.2) is 14.2 Å². The minimum absolute atomic E-state index is 0.455. The summed E-state index contributed by atoms with van der Waals surface area (Å²) in [6.45, 7) is 2.31. The Kier molecular flexibility index (Phi) is 8.60. The van der Waals surface area contributed by atoms with E-state index in [0.29, 0.717) is 6.61 Å². The zero-order valence-electron chi connectivity index (χ0n) is 18.8. The van der Waals surface area contributed by atoms with Gasteiger partial charge in [-0.1, -0.05) is 66.6 Å². The topological polar surface area (TPSA) is 27.7 Å². The Morgan fingerprint density at radius 3 is 2.25 bits per heavy atom. The van der Waals surface area contributed by atoms with E-state index in [1.807, 2.05) is 79.7 Å². The van der Waals surface area contributed by atoms with Crippen molar-refractivity contribution in [1.29, 1.82) is 0 Å². The van der Waals surface area contributed by atoms with E-state index in [1.54, 1.807) is 14.2 Å². The van der Waals surface area contributed by atoms with Crippen LogP contribution in [0.15, 0.2) is 84.9 Å². The summed E-state index contributed by atoms with van der Waals surface area (Å²) in [6.07, 6.45) is 7.16. The second-order valence-electron chi connectivity index (χ2n) is 7.03. The molecular weight excluding hydrogens is 396 g/mol. The molecule has 3 heteroatoms. The summed E-state index contributed by atoms with van der Waals surface area (Å²) in [4.78, 5) is 0. The molecule has 0 atom stereocenters. The van der Waals surface area contributed by atoms with Gasteiger partial charge in [-0.3, -0.25) is 0 Å². The molecule has 0 saturated heterocycles. The summed E-state index contributed by atoms with van der Waals surface area (Å²) < 4.78 is 16.5. The van der Waals surface area contributed by atoms with Gasteiger partial charge in [0.05, 0.1) is 14.2 Å². The zero-order valence-corrected chi connectivity index (χ0v) is 18.8. The van der Waals surface area contributed by atoms with E-state index in [1.165, 1.54) is 0 Å². The maximum atomic E-state index is 5.94. The van der Waals surface area contributed by atoms with Gasteiger partial charge < -0.3 is 14.2 Å². The number of ether oxygens (including phenoxy) is 3. The van der Waals surface area contributed by atoms with Crippen molar-refractivity contribution in [2.24, 2.45) is 0 Å². The van der Waals surface area contributed by atoms with Gasteiger partial charge >= 0.3 is 0 Å². The lowest BCUT2D eigenvalue weighted by Gasteiger charge is -2.10. The number of benzene rings is 3. The molecule has 0 aromatic heterocycles. The van der Waals surface area contributed by atoms with Crippen molar-refractivity contribution in [3.63, 3.8) is 0 Å². The van der Waals surface area contributed by atoms with Gasteiger partial charge in [-0.2, -0.15) is 0 Å². The number of allylic oxidation sites excluding steroid dienone is 3. The standard InChI is InChI=1S/C29H28O3/c1-4-9-24(11-6-5-10-23-14-18-27(30-2)19-15-23)25-16-20-28(21-17-25)32-22-26-12-7-8-13-29(26)31-3/h5,7-8,10-21H,6,22H2,1-3H3/b10-5+,24-11+. The second-order valence-corrected chi connectivity index (χ2v) is 7.03. The van der Waals surface area contributed by atoms with Crippen molar-refractivity contribution in [3.8, 4) is 29.1 Å². The van der Waals surface area contributed by atoms with Crippen LogP contribution in [0, 0.1) is 11.8 Å². The van der Waals surface area contributed by atoms with Gasteiger partial charge in [0.2, 0.25) is 0 Å². The predicted octanol–water partition coefficient (Wildman–Crippen LogP) is 6.79. The normalized spacial score (nSPS) is 11.0. The highest BCUT2D eigenvalue weighted by Gasteiger charge is 2.04. The van der Waals surface area contributed by atoms with E-state index >= 15 is 0 Å². The van der Waals surface area contributed by atoms with Crippen LogP contribution in [0.3, 0.4) is 0 Å². The number of para-hydroxylation sites is 1. The third-order valence-electron chi connectivity index (χ3n) is 4.90. The molecule has 0 N–H and O–H groups in total. The fraction of sp³-hybridized carbons (Fsp3) is 0.172. The molecule has 0 saturated carbocycles. The predicted molar refractivity (Wildman–Crippen MR) is 132 cm³/mol. The lowest BCUT2D eigenvalue weighted by Crippen LogP contribution is -1.98. The Balaban J connectivity index is 1.62. The third-order valence-corrected chi connectivity index (χ3v) is 4.90. The molecule has 0 aliphatic carbocycles. The van der Waals surface area contributed by atoms with Gasteiger partial charge in [-0.25, -0.2) is 0 Å². The molecule has 0 bridgehead atoms. The highest BCUT2D eigenvalue weighted by atomic mass is 16.5. The first-order chi connectivity index (χ1) is 15.7. The Morgan fingerprint density at radius 2 is 1.56 bits per heavy atom. The summed E-state index contributed by atoms with van der Waals surface area (Å²) in [5.41, 5.74) is 4.23. The average molecular weight is 425 g/mol. The molecule has 32 heavy (non-hydrogen) atoms. The molecule has 3 aromatic carbocycles. The van der Waals surface area contributed by atoms with Crippen molar-refractivity contribution in [3.05, 3.63) is 102 Å². The van der Waals surface area contributed by atoms with Gasteiger partial charge in [-0.15, -0.1) is 5.92 Å². The molecule has 0 fully saturated rings. The summed E-state index contributed by atoms with van der Waals surface area (Å²) in [5, 5.41) is 0. The number of hydrogen-bond acceptors (Lipinski definition) is 3. The second kappa shape index (κ2) is 12.1. The molecule has 0 radical (unpaired) electrons. The van der Waals surface area contributed by atoms with Gasteiger partial charge in [-0.05, 0) is 54.8 Å². The van der Waals surface area contributed by atoms with Crippen LogP contribution < -0.4 is 14.2 Å². The zero-order chi connectivity index (χ0) is 22.6. The molecule has 0 unspecified atom stereocenters. The van der Waals surface area contributed by atoms with Crippen LogP contribution in [0.1, 0.15) is 30.0 Å². The highest BCUT2D eigenvalue weighted by molar-refractivity contribution is 5.79. The lowest BCUT2D eigenvalue weighted by atomic mass is 10.0. The molecule has 0 aliphatic rings. The Hall–Kier alpha value is -3.90. The number of rotatable bonds is 9. The smallest absolute Gasteiger partial charge is 0.125 e. The van der Waals surface area contributed by atoms with Crippen LogP contribution in [0.5, 0.6) is 17.2 Å². The van der Waals surface area contributed by atoms with E-state index in [0.717, 1.165) is 45.9 Å². The first-order valence-corrected chi connectivity index (χ1v) is 10.5. The SMILES string of the molecule is CC#C/C(=C\C/C=C/c1ccc(OC)cc1)c1ccc(OCc2ccccc2OC)cc1. The van der Waals surface area contributed by atoms with E-state index in [-0.39, 0.29) is 0 Å². The van der Waals surface area contributed by atoms with Gasteiger partial charge in [0.1, 0.15) is 23.9 Å². The fourth-order valence-corrected chi connectivity index (χ4v) is 3.19. The highest BCUT2D eigenvalue weighted by Crippen LogP contribution is 2.23. The van der Waals surface area contributed by atoms with Crippen molar-refractivity contribution in [2.45, 2.75) is 20.0 Å². The minimum atomic E-state index is 0.455. The van der Waals surface area contributed by atoms with E-state index in [9.17, 15) is 0 Å². The fourth-order valence-electron chi connectivity index (χ4n) is 3.19. The van der Waals surface area contributed by atoms with Crippen molar-refractivity contribution < 1.29 is 14.2 Å². The first-order valence-electron chi connectivity index (χ1n) is 10.5. The van der Waals surface area contributed by atoms with Crippen LogP contribution >= 0.6 is 0 Å². The van der Waals surface area contributed by atoms with Crippen LogP contribution in [0.25, 0.3) is 11.6 Å². The van der Waals surface area contributed by atoms with Gasteiger partial charge in [0.25, 0.3) is 0 Å². The Labute approximate surface area is 191 Å². The maximum Gasteiger partial charge on any atom is 0.125 e. The molecule has 0 amide bonds. The van der Waals surface area contributed by atoms with Crippen LogP contribution in [0.2, 0.25) is 0 Å². The molecule has 3 nitrogen and oxygen atoms in total. The van der Waals surface area contributed by atoms with E-state index in [4.69, 9.17) is 14.2 Å². The molecular formula is C29H28O3. The quantitative estimate of drug-likeness (QED) is 0.354. The van der Waals surface area contributed by atoms with E-state index in [2.05, 4.69) is 30.1 Å². The van der Waals surface area contributed by atoms with Crippen molar-refractivity contribution >= 4 is 11.6 Å². The van der Waals surface area contributed by atoms with Crippen molar-refractivity contribution in [2.75, 3.05) is 14.2 Å². The monoisotopic (exact) mass is 424 g/mol. The summed E-state index contributed by atoms with van der Waals surface area (Å²) in [6, 6.07) is 23.9. The van der Waals surface area contributed by atoms with Crippen LogP contribution in [0.4, 0.5) is 0 Å². The third kappa shape index (κ3) is 6.55. The number of methoxy groups -OCH3 is 2. The average Bonchev–Trinajstić information content (AvgIpc) is 2.85. The largest absolute Gasteiger partial charge is 0.497 e. The van der Waals surface area contributed by atoms with Crippen molar-refractivity contribution in [1.82, 2.24) is 0 Å². The summed E-state index contributed by atoms with van der Waals surface area (Å²) >= 11 is 0. The lowest BCUT2D eigenvalue weighted by molar-refractivity contribution is 0.296. The number of hydrogen-bond donors (Lipinski definition) is 0. The minimum Gasteiger partial charge on any atom is -0.497 e. The first kappa shape index (κ1) is 22.8. The Bertz CT molecular complexity index is 1110. The molecule has 0 spiro atoms. The molecule has 3 rings (SSSR count). The summed E-state index contributed by atoms with van der Waals surface area (Å²) in [5.74, 6) is 8.71. The molecule has 0 heterocycles. The molecule has 0 aliphatic heterocycles. The molecule has 162 valence electrons. The van der Waals surface area contributed by atoms with E-state index < -0.39 is 0 Å². The van der Waals surface area contributed by atoms with Crippen LogP contribution in [-0.2, 0) is 6.61 Å². The Morgan fingerprint density at radius 1 is 0.844 bits per heavy atom. The van der Waals surface area contributed by atoms with Gasteiger partial charge in [0, 0.05) is 11.1 Å².